The number of primary sulfonamides is 1. The maximum absolute atomic E-state index is 11.9. The lowest BCUT2D eigenvalue weighted by Gasteiger charge is -2.19. The predicted octanol–water partition coefficient (Wildman–Crippen LogP) is 3.20. The van der Waals surface area contributed by atoms with Gasteiger partial charge in [0.15, 0.2) is 0 Å². The van der Waals surface area contributed by atoms with Crippen LogP contribution in [-0.4, -0.2) is 26.9 Å². The van der Waals surface area contributed by atoms with Crippen LogP contribution in [0.5, 0.6) is 0 Å². The molecule has 0 spiro atoms. The normalized spacial score (nSPS) is 14.9. The summed E-state index contributed by atoms with van der Waals surface area (Å²) in [6.07, 6.45) is 9.11. The minimum atomic E-state index is -3.73. The molecule has 4 nitrogen and oxygen atoms in total. The second-order valence-electron chi connectivity index (χ2n) is 6.30. The second kappa shape index (κ2) is 6.79. The number of benzene rings is 2. The molecule has 0 saturated heterocycles. The summed E-state index contributed by atoms with van der Waals surface area (Å²) in [5, 5.41) is 7.00. The molecule has 0 aliphatic carbocycles. The van der Waals surface area contributed by atoms with Crippen LogP contribution in [0.2, 0.25) is 0 Å². The lowest BCUT2D eigenvalue weighted by molar-refractivity contribution is 0.480. The smallest absolute Gasteiger partial charge is 0.238 e. The molecule has 126 valence electrons. The molecular weight excluding hydrogens is 320 g/mol. The maximum Gasteiger partial charge on any atom is 0.238 e. The molecule has 0 atom stereocenters. The van der Waals surface area contributed by atoms with Gasteiger partial charge in [-0.15, -0.1) is 0 Å². The van der Waals surface area contributed by atoms with E-state index in [1.165, 1.54) is 5.57 Å². The SMILES string of the molecule is CN1C=CC=C(CCCc2cc(S(N)(=O)=O)c3ccccc3c2)C1. The molecule has 0 amide bonds. The molecule has 2 aromatic rings. The Hall–Kier alpha value is -2.11. The minimum absolute atomic E-state index is 0.218. The predicted molar refractivity (Wildman–Crippen MR) is 98.1 cm³/mol. The van der Waals surface area contributed by atoms with Crippen LogP contribution in [0.3, 0.4) is 0 Å². The first-order valence-corrected chi connectivity index (χ1v) is 9.59. The zero-order valence-electron chi connectivity index (χ0n) is 13.8. The Bertz CT molecular complexity index is 914. The Kier molecular flexibility index (Phi) is 4.73. The zero-order chi connectivity index (χ0) is 17.2. The Balaban J connectivity index is 1.80. The summed E-state index contributed by atoms with van der Waals surface area (Å²) in [4.78, 5) is 2.37. The highest BCUT2D eigenvalue weighted by Gasteiger charge is 2.14. The molecule has 24 heavy (non-hydrogen) atoms. The van der Waals surface area contributed by atoms with Gasteiger partial charge in [-0.1, -0.05) is 42.0 Å². The third-order valence-corrected chi connectivity index (χ3v) is 5.23. The number of nitrogens with zero attached hydrogens (tertiary/aromatic N) is 1. The first-order valence-electron chi connectivity index (χ1n) is 8.04. The summed E-state index contributed by atoms with van der Waals surface area (Å²) in [5.74, 6) is 0. The Morgan fingerprint density at radius 2 is 1.96 bits per heavy atom. The topological polar surface area (TPSA) is 63.4 Å². The van der Waals surface area contributed by atoms with Gasteiger partial charge in [-0.2, -0.15) is 0 Å². The fourth-order valence-corrected chi connectivity index (χ4v) is 3.96. The number of fused-ring (bicyclic) bond motifs is 1. The van der Waals surface area contributed by atoms with Crippen molar-refractivity contribution < 1.29 is 8.42 Å². The third kappa shape index (κ3) is 3.86. The van der Waals surface area contributed by atoms with Crippen LogP contribution in [0.15, 0.2) is 65.2 Å². The fourth-order valence-electron chi connectivity index (χ4n) is 3.15. The van der Waals surface area contributed by atoms with Gasteiger partial charge in [0.25, 0.3) is 0 Å². The van der Waals surface area contributed by atoms with E-state index in [2.05, 4.69) is 36.4 Å². The van der Waals surface area contributed by atoms with Crippen LogP contribution in [-0.2, 0) is 16.4 Å². The summed E-state index contributed by atoms with van der Waals surface area (Å²) in [6.45, 7) is 0.955. The average molecular weight is 342 g/mol. The van der Waals surface area contributed by atoms with Crippen molar-refractivity contribution >= 4 is 20.8 Å². The van der Waals surface area contributed by atoms with Crippen molar-refractivity contribution in [3.05, 3.63) is 65.9 Å². The van der Waals surface area contributed by atoms with Gasteiger partial charge in [0.1, 0.15) is 0 Å². The summed E-state index contributed by atoms with van der Waals surface area (Å²) in [5.41, 5.74) is 2.41. The van der Waals surface area contributed by atoms with Crippen LogP contribution in [0.1, 0.15) is 18.4 Å². The number of allylic oxidation sites excluding steroid dienone is 2. The van der Waals surface area contributed by atoms with Crippen molar-refractivity contribution in [3.63, 3.8) is 0 Å². The van der Waals surface area contributed by atoms with Crippen molar-refractivity contribution in [3.8, 4) is 0 Å². The van der Waals surface area contributed by atoms with Gasteiger partial charge < -0.3 is 4.90 Å². The van der Waals surface area contributed by atoms with E-state index in [1.807, 2.05) is 18.2 Å². The van der Waals surface area contributed by atoms with Gasteiger partial charge in [-0.3, -0.25) is 0 Å². The van der Waals surface area contributed by atoms with Crippen LogP contribution in [0.25, 0.3) is 10.8 Å². The highest BCUT2D eigenvalue weighted by Crippen LogP contribution is 2.25. The van der Waals surface area contributed by atoms with Crippen LogP contribution in [0, 0.1) is 0 Å². The molecule has 0 radical (unpaired) electrons. The highest BCUT2D eigenvalue weighted by atomic mass is 32.2. The quantitative estimate of drug-likeness (QED) is 0.907. The van der Waals surface area contributed by atoms with E-state index >= 15 is 0 Å². The number of hydrogen-bond acceptors (Lipinski definition) is 3. The van der Waals surface area contributed by atoms with Crippen molar-refractivity contribution in [1.82, 2.24) is 4.90 Å². The number of rotatable bonds is 5. The summed E-state index contributed by atoms with van der Waals surface area (Å²) in [7, 11) is -1.67. The third-order valence-electron chi connectivity index (χ3n) is 4.28. The van der Waals surface area contributed by atoms with Gasteiger partial charge in [0.2, 0.25) is 10.0 Å². The van der Waals surface area contributed by atoms with Crippen LogP contribution in [0.4, 0.5) is 0 Å². The van der Waals surface area contributed by atoms with Crippen molar-refractivity contribution in [2.45, 2.75) is 24.2 Å². The molecule has 3 rings (SSSR count). The molecule has 0 fully saturated rings. The molecule has 0 bridgehead atoms. The van der Waals surface area contributed by atoms with E-state index in [0.29, 0.717) is 5.39 Å². The molecular formula is C19H22N2O2S. The van der Waals surface area contributed by atoms with E-state index in [0.717, 1.165) is 36.8 Å². The molecule has 1 aliphatic rings. The van der Waals surface area contributed by atoms with Crippen molar-refractivity contribution in [2.24, 2.45) is 5.14 Å². The fraction of sp³-hybridized carbons (Fsp3) is 0.263. The van der Waals surface area contributed by atoms with Gasteiger partial charge in [-0.05, 0) is 48.6 Å². The number of nitrogens with two attached hydrogens (primary N) is 1. The number of hydrogen-bond donors (Lipinski definition) is 1. The minimum Gasteiger partial charge on any atom is -0.376 e. The first kappa shape index (κ1) is 16.7. The van der Waals surface area contributed by atoms with E-state index in [9.17, 15) is 8.42 Å². The molecule has 0 saturated carbocycles. The molecule has 0 aromatic heterocycles. The first-order chi connectivity index (χ1) is 11.4. The largest absolute Gasteiger partial charge is 0.376 e. The maximum atomic E-state index is 11.9. The summed E-state index contributed by atoms with van der Waals surface area (Å²) >= 11 is 0. The van der Waals surface area contributed by atoms with Crippen LogP contribution >= 0.6 is 0 Å². The number of likely N-dealkylation sites (N-methyl/N-ethyl adjacent to an activating group) is 1. The van der Waals surface area contributed by atoms with E-state index < -0.39 is 10.0 Å². The van der Waals surface area contributed by atoms with Crippen molar-refractivity contribution in [2.75, 3.05) is 13.6 Å². The monoisotopic (exact) mass is 342 g/mol. The lowest BCUT2D eigenvalue weighted by Crippen LogP contribution is -2.16. The number of aryl methyl sites for hydroxylation is 1. The second-order valence-corrected chi connectivity index (χ2v) is 7.83. The van der Waals surface area contributed by atoms with Crippen molar-refractivity contribution in [1.29, 1.82) is 0 Å². The molecule has 2 N–H and O–H groups in total. The van der Waals surface area contributed by atoms with Gasteiger partial charge in [-0.25, -0.2) is 13.6 Å². The Morgan fingerprint density at radius 1 is 1.17 bits per heavy atom. The molecule has 0 unspecified atom stereocenters. The number of sulfonamides is 1. The standard InChI is InChI=1S/C19H22N2O2S/c1-21-11-5-8-15(14-21)6-4-7-16-12-17-9-2-3-10-18(17)19(13-16)24(20,22)23/h2-3,5,8-13H,4,6-7,14H2,1H3,(H2,20,22,23). The molecule has 2 aromatic carbocycles. The Labute approximate surface area is 143 Å². The van der Waals surface area contributed by atoms with Gasteiger partial charge in [0.05, 0.1) is 4.90 Å². The van der Waals surface area contributed by atoms with Gasteiger partial charge in [0, 0.05) is 19.0 Å². The Morgan fingerprint density at radius 3 is 2.71 bits per heavy atom. The highest BCUT2D eigenvalue weighted by molar-refractivity contribution is 7.89. The zero-order valence-corrected chi connectivity index (χ0v) is 14.6. The molecule has 1 heterocycles. The molecule has 5 heteroatoms. The average Bonchev–Trinajstić information content (AvgIpc) is 2.53. The van der Waals surface area contributed by atoms with Crippen LogP contribution < -0.4 is 5.14 Å². The van der Waals surface area contributed by atoms with E-state index in [4.69, 9.17) is 5.14 Å². The van der Waals surface area contributed by atoms with Gasteiger partial charge >= 0.3 is 0 Å². The summed E-state index contributed by atoms with van der Waals surface area (Å²) in [6, 6.07) is 11.2. The lowest BCUT2D eigenvalue weighted by atomic mass is 10.00. The van der Waals surface area contributed by atoms with E-state index in [1.54, 1.807) is 12.1 Å². The summed E-state index contributed by atoms with van der Waals surface area (Å²) < 4.78 is 23.8. The molecule has 1 aliphatic heterocycles. The van der Waals surface area contributed by atoms with E-state index in [-0.39, 0.29) is 4.90 Å².